The fourth-order valence-corrected chi connectivity index (χ4v) is 7.09. The maximum Gasteiger partial charge on any atom is 0.413 e. The molecule has 0 unspecified atom stereocenters. The lowest BCUT2D eigenvalue weighted by atomic mass is 9.87. The van der Waals surface area contributed by atoms with Crippen LogP contribution in [0.3, 0.4) is 0 Å². The van der Waals surface area contributed by atoms with Crippen molar-refractivity contribution < 1.29 is 32.6 Å². The minimum Gasteiger partial charge on any atom is -0.444 e. The van der Waals surface area contributed by atoms with Crippen molar-refractivity contribution in [3.05, 3.63) is 58.8 Å². The summed E-state index contributed by atoms with van der Waals surface area (Å²) in [5, 5.41) is 2.39. The van der Waals surface area contributed by atoms with Gasteiger partial charge in [0, 0.05) is 56.5 Å². The van der Waals surface area contributed by atoms with E-state index in [-0.39, 0.29) is 37.1 Å². The number of rotatable bonds is 9. The molecular formula is C36H43F2N5O5Si. The molecular weight excluding hydrogens is 649 g/mol. The molecule has 1 aliphatic carbocycles. The van der Waals surface area contributed by atoms with Gasteiger partial charge in [-0.2, -0.15) is 0 Å². The standard InChI is InChI=1S/C36H43F2N5O5Si/c1-35(2,3)48-34(46)40-31-28(38)20-30-29(39-31)19-25(42(30)22-47-16-17-49(4,5)6)21-43-32(44)26-18-24(37)11-12-27(26)36(43)13-15-41(33(36)45)14-7-8-23-9-10-23/h11-12,18-20,23H,9-10,13-17,21-22H2,1-6H3,(H,39,40,46)/t36-/m0/s1. The van der Waals surface area contributed by atoms with Gasteiger partial charge >= 0.3 is 6.09 Å². The SMILES string of the molecule is CC(C)(C)OC(=O)Nc1nc2cc(CN3C(=O)c4cc(F)ccc4[C@]34CCN(CC#CC3CC3)C4=O)n(COCC[Si](C)(C)C)c2cc1F. The van der Waals surface area contributed by atoms with Crippen molar-refractivity contribution in [2.45, 2.75) is 90.1 Å². The number of carbonyl (C=O) groups is 3. The highest BCUT2D eigenvalue weighted by Crippen LogP contribution is 2.47. The third kappa shape index (κ3) is 7.21. The molecule has 2 aliphatic heterocycles. The van der Waals surface area contributed by atoms with Crippen molar-refractivity contribution in [3.8, 4) is 11.8 Å². The minimum atomic E-state index is -1.42. The average molecular weight is 692 g/mol. The predicted octanol–water partition coefficient (Wildman–Crippen LogP) is 6.47. The van der Waals surface area contributed by atoms with Crippen molar-refractivity contribution in [1.29, 1.82) is 0 Å². The number of carbonyl (C=O) groups excluding carboxylic acids is 3. The van der Waals surface area contributed by atoms with E-state index in [1.165, 1.54) is 29.2 Å². The first kappa shape index (κ1) is 34.6. The Morgan fingerprint density at radius 2 is 1.90 bits per heavy atom. The zero-order valence-corrected chi connectivity index (χ0v) is 29.9. The zero-order chi connectivity index (χ0) is 35.3. The third-order valence-corrected chi connectivity index (χ3v) is 10.7. The number of nitrogens with one attached hydrogen (secondary N) is 1. The second kappa shape index (κ2) is 12.9. The monoisotopic (exact) mass is 691 g/mol. The highest BCUT2D eigenvalue weighted by Gasteiger charge is 2.59. The highest BCUT2D eigenvalue weighted by atomic mass is 28.3. The summed E-state index contributed by atoms with van der Waals surface area (Å²) in [7, 11) is -1.42. The Bertz CT molecular complexity index is 1880. The second-order valence-electron chi connectivity index (χ2n) is 15.3. The third-order valence-electron chi connectivity index (χ3n) is 8.98. The van der Waals surface area contributed by atoms with Gasteiger partial charge in [-0.25, -0.2) is 18.6 Å². The van der Waals surface area contributed by atoms with Crippen LogP contribution in [0.1, 0.15) is 61.6 Å². The van der Waals surface area contributed by atoms with Gasteiger partial charge in [-0.3, -0.25) is 14.9 Å². The number of aromatic nitrogens is 2. The largest absolute Gasteiger partial charge is 0.444 e. The van der Waals surface area contributed by atoms with Crippen LogP contribution in [-0.2, 0) is 33.1 Å². The molecule has 0 radical (unpaired) electrons. The van der Waals surface area contributed by atoms with E-state index >= 15 is 4.39 Å². The lowest BCUT2D eigenvalue weighted by molar-refractivity contribution is -0.136. The molecule has 1 atom stereocenters. The summed E-state index contributed by atoms with van der Waals surface area (Å²) in [6.07, 6.45) is 1.59. The molecule has 1 aromatic carbocycles. The van der Waals surface area contributed by atoms with Crippen molar-refractivity contribution >= 4 is 42.8 Å². The van der Waals surface area contributed by atoms with Gasteiger partial charge in [0.25, 0.3) is 11.8 Å². The molecule has 3 aliphatic rings. The van der Waals surface area contributed by atoms with Crippen LogP contribution >= 0.6 is 0 Å². The van der Waals surface area contributed by atoms with E-state index in [1.807, 2.05) is 0 Å². The summed E-state index contributed by atoms with van der Waals surface area (Å²) in [5.41, 5.74) is -0.298. The summed E-state index contributed by atoms with van der Waals surface area (Å²) in [6, 6.07) is 7.84. The Balaban J connectivity index is 1.37. The van der Waals surface area contributed by atoms with Gasteiger partial charge in [0.05, 0.1) is 24.1 Å². The Labute approximate surface area is 286 Å². The van der Waals surface area contributed by atoms with Gasteiger partial charge in [0.2, 0.25) is 0 Å². The van der Waals surface area contributed by atoms with Crippen LogP contribution in [0, 0.1) is 29.4 Å². The molecule has 49 heavy (non-hydrogen) atoms. The lowest BCUT2D eigenvalue weighted by Gasteiger charge is -2.34. The first-order valence-electron chi connectivity index (χ1n) is 16.7. The van der Waals surface area contributed by atoms with Crippen molar-refractivity contribution in [2.24, 2.45) is 5.92 Å². The molecule has 2 fully saturated rings. The van der Waals surface area contributed by atoms with Crippen molar-refractivity contribution in [2.75, 3.05) is 25.0 Å². The Kier molecular flexibility index (Phi) is 9.08. The number of anilines is 1. The van der Waals surface area contributed by atoms with Crippen LogP contribution < -0.4 is 5.32 Å². The fourth-order valence-electron chi connectivity index (χ4n) is 6.33. The van der Waals surface area contributed by atoms with Gasteiger partial charge in [-0.1, -0.05) is 37.5 Å². The Morgan fingerprint density at radius 3 is 2.59 bits per heavy atom. The van der Waals surface area contributed by atoms with Crippen LogP contribution in [0.5, 0.6) is 0 Å². The molecule has 3 aromatic rings. The number of nitrogens with zero attached hydrogens (tertiary/aromatic N) is 4. The smallest absolute Gasteiger partial charge is 0.413 e. The molecule has 2 aromatic heterocycles. The van der Waals surface area contributed by atoms with E-state index in [2.05, 4.69) is 41.8 Å². The molecule has 6 rings (SSSR count). The van der Waals surface area contributed by atoms with E-state index in [9.17, 15) is 18.8 Å². The number of amides is 3. The molecule has 3 amide bonds. The number of hydrogen-bond acceptors (Lipinski definition) is 6. The summed E-state index contributed by atoms with van der Waals surface area (Å²) in [4.78, 5) is 48.4. The molecule has 10 nitrogen and oxygen atoms in total. The number of ether oxygens (including phenoxy) is 2. The van der Waals surface area contributed by atoms with Gasteiger partial charge < -0.3 is 23.8 Å². The highest BCUT2D eigenvalue weighted by molar-refractivity contribution is 6.76. The van der Waals surface area contributed by atoms with Crippen LogP contribution in [0.2, 0.25) is 25.7 Å². The summed E-state index contributed by atoms with van der Waals surface area (Å²) in [6.45, 7) is 12.9. The number of hydrogen-bond donors (Lipinski definition) is 1. The molecule has 260 valence electrons. The van der Waals surface area contributed by atoms with E-state index in [0.717, 1.165) is 18.9 Å². The van der Waals surface area contributed by atoms with E-state index in [1.54, 1.807) is 36.3 Å². The minimum absolute atomic E-state index is 0.0384. The molecule has 0 bridgehead atoms. The quantitative estimate of drug-likeness (QED) is 0.157. The van der Waals surface area contributed by atoms with Crippen LogP contribution in [0.15, 0.2) is 30.3 Å². The van der Waals surface area contributed by atoms with Gasteiger partial charge in [-0.15, -0.1) is 0 Å². The van der Waals surface area contributed by atoms with Gasteiger partial charge in [-0.05, 0) is 57.9 Å². The second-order valence-corrected chi connectivity index (χ2v) is 20.9. The maximum absolute atomic E-state index is 15.5. The lowest BCUT2D eigenvalue weighted by Crippen LogP contribution is -2.49. The molecule has 1 N–H and O–H groups in total. The predicted molar refractivity (Wildman–Crippen MR) is 183 cm³/mol. The summed E-state index contributed by atoms with van der Waals surface area (Å²) < 4.78 is 43.1. The van der Waals surface area contributed by atoms with E-state index in [4.69, 9.17) is 9.47 Å². The molecule has 4 heterocycles. The van der Waals surface area contributed by atoms with Crippen LogP contribution in [0.4, 0.5) is 19.4 Å². The summed E-state index contributed by atoms with van der Waals surface area (Å²) >= 11 is 0. The number of benzene rings is 1. The Hall–Kier alpha value is -4.28. The average Bonchev–Trinajstić information content (AvgIpc) is 3.64. The zero-order valence-electron chi connectivity index (χ0n) is 28.9. The molecule has 1 saturated carbocycles. The van der Waals surface area contributed by atoms with Crippen LogP contribution in [-0.4, -0.2) is 70.6 Å². The first-order valence-corrected chi connectivity index (χ1v) is 20.4. The van der Waals surface area contributed by atoms with Crippen molar-refractivity contribution in [1.82, 2.24) is 19.4 Å². The normalized spacial score (nSPS) is 19.1. The topological polar surface area (TPSA) is 106 Å². The Morgan fingerprint density at radius 1 is 1.14 bits per heavy atom. The maximum atomic E-state index is 15.5. The van der Waals surface area contributed by atoms with Gasteiger partial charge in [0.1, 0.15) is 18.1 Å². The van der Waals surface area contributed by atoms with Crippen molar-refractivity contribution in [3.63, 3.8) is 0 Å². The number of likely N-dealkylation sites (tertiary alicyclic amines) is 1. The molecule has 13 heteroatoms. The first-order chi connectivity index (χ1) is 23.1. The fraction of sp³-hybridized carbons (Fsp3) is 0.500. The number of halogens is 2. The molecule has 1 saturated heterocycles. The van der Waals surface area contributed by atoms with Crippen LogP contribution in [0.25, 0.3) is 11.0 Å². The summed E-state index contributed by atoms with van der Waals surface area (Å²) in [5.74, 6) is 4.30. The van der Waals surface area contributed by atoms with E-state index < -0.39 is 42.8 Å². The van der Waals surface area contributed by atoms with Gasteiger partial charge in [0.15, 0.2) is 17.2 Å². The number of pyridine rings is 1. The van der Waals surface area contributed by atoms with E-state index in [0.29, 0.717) is 47.8 Å². The number of fused-ring (bicyclic) bond motifs is 3. The molecule has 1 spiro atoms.